The summed E-state index contributed by atoms with van der Waals surface area (Å²) in [6.07, 6.45) is 1.23. The van der Waals surface area contributed by atoms with Crippen LogP contribution in [-0.2, 0) is 16.0 Å². The first kappa shape index (κ1) is 20.7. The van der Waals surface area contributed by atoms with Crippen LogP contribution in [0.1, 0.15) is 44.4 Å². The predicted octanol–water partition coefficient (Wildman–Crippen LogP) is 3.73. The van der Waals surface area contributed by atoms with Crippen LogP contribution in [0.15, 0.2) is 54.0 Å². The van der Waals surface area contributed by atoms with Gasteiger partial charge in [-0.2, -0.15) is 0 Å². The van der Waals surface area contributed by atoms with Crippen LogP contribution >= 0.6 is 0 Å². The van der Waals surface area contributed by atoms with Crippen LogP contribution in [0.5, 0.6) is 5.75 Å². The molecule has 1 atom stereocenters. The van der Waals surface area contributed by atoms with Crippen molar-refractivity contribution in [3.05, 3.63) is 71.0 Å². The molecule has 2 aromatic rings. The van der Waals surface area contributed by atoms with Gasteiger partial charge in [0.1, 0.15) is 29.0 Å². The van der Waals surface area contributed by atoms with Crippen LogP contribution in [0.2, 0.25) is 0 Å². The molecule has 1 unspecified atom stereocenters. The Labute approximate surface area is 169 Å². The number of benzene rings is 2. The fourth-order valence-corrected chi connectivity index (χ4v) is 3.00. The first-order chi connectivity index (χ1) is 13.6. The maximum Gasteiger partial charge on any atom is 0.328 e. The van der Waals surface area contributed by atoms with E-state index in [9.17, 15) is 9.18 Å². The molecule has 0 fully saturated rings. The lowest BCUT2D eigenvalue weighted by Crippen LogP contribution is -2.34. The number of ether oxygens (including phenoxy) is 2. The van der Waals surface area contributed by atoms with Crippen LogP contribution in [0.3, 0.4) is 0 Å². The van der Waals surface area contributed by atoms with Crippen molar-refractivity contribution in [2.75, 3.05) is 5.32 Å². The van der Waals surface area contributed by atoms with Crippen molar-refractivity contribution in [3.63, 3.8) is 0 Å². The van der Waals surface area contributed by atoms with Gasteiger partial charge in [0.15, 0.2) is 5.75 Å². The molecule has 0 amide bonds. The first-order valence-corrected chi connectivity index (χ1v) is 9.43. The van der Waals surface area contributed by atoms with Crippen LogP contribution in [0, 0.1) is 5.82 Å². The highest BCUT2D eigenvalue weighted by molar-refractivity contribution is 5.79. The summed E-state index contributed by atoms with van der Waals surface area (Å²) in [5, 5.41) is 3.03. The molecule has 0 saturated heterocycles. The summed E-state index contributed by atoms with van der Waals surface area (Å²) in [4.78, 5) is 12.6. The molecular weight excluding hydrogens is 373 g/mol. The third-order valence-corrected chi connectivity index (χ3v) is 4.83. The van der Waals surface area contributed by atoms with Crippen molar-refractivity contribution >= 4 is 11.7 Å². The molecule has 6 nitrogen and oxygen atoms in total. The van der Waals surface area contributed by atoms with Gasteiger partial charge in [0.05, 0.1) is 5.69 Å². The smallest absolute Gasteiger partial charge is 0.328 e. The number of aryl methyl sites for hydroxylation is 1. The number of allylic oxidation sites excluding steroid dienone is 1. The van der Waals surface area contributed by atoms with Crippen LogP contribution in [-0.4, -0.2) is 11.6 Å². The molecule has 0 radical (unpaired) electrons. The van der Waals surface area contributed by atoms with E-state index in [0.717, 1.165) is 5.56 Å². The Morgan fingerprint density at radius 3 is 2.62 bits per heavy atom. The number of hydrogen-bond donors (Lipinski definition) is 3. The number of halogens is 1. The lowest BCUT2D eigenvalue weighted by Gasteiger charge is -2.27. The van der Waals surface area contributed by atoms with Gasteiger partial charge < -0.3 is 26.3 Å². The number of nitrogens with one attached hydrogen (secondary N) is 1. The van der Waals surface area contributed by atoms with E-state index >= 15 is 0 Å². The average molecular weight is 399 g/mol. The standard InChI is InChI=1S/C22H26FN3O3/c1-13-20(25)26-17-12-15(6-9-18(17)28-13)19(24)21(27)29-22(2,3)11-10-14-4-7-16(23)8-5-14/h4-9,12,19,26H,10-11,24-25H2,1-3H3. The molecule has 3 rings (SSSR count). The second-order valence-corrected chi connectivity index (χ2v) is 7.74. The minimum absolute atomic E-state index is 0.275. The van der Waals surface area contributed by atoms with E-state index in [1.165, 1.54) is 12.1 Å². The number of anilines is 1. The Bertz CT molecular complexity index is 939. The second kappa shape index (κ2) is 8.13. The van der Waals surface area contributed by atoms with Gasteiger partial charge >= 0.3 is 5.97 Å². The quantitative estimate of drug-likeness (QED) is 0.640. The van der Waals surface area contributed by atoms with E-state index in [1.807, 2.05) is 13.8 Å². The molecule has 0 bridgehead atoms. The summed E-state index contributed by atoms with van der Waals surface area (Å²) in [5.41, 5.74) is 13.5. The monoisotopic (exact) mass is 399 g/mol. The highest BCUT2D eigenvalue weighted by Crippen LogP contribution is 2.33. The molecule has 154 valence electrons. The molecule has 0 aliphatic carbocycles. The highest BCUT2D eigenvalue weighted by atomic mass is 19.1. The van der Waals surface area contributed by atoms with E-state index in [0.29, 0.717) is 41.4 Å². The molecule has 1 heterocycles. The van der Waals surface area contributed by atoms with Crippen LogP contribution < -0.4 is 21.5 Å². The van der Waals surface area contributed by atoms with E-state index in [-0.39, 0.29) is 5.82 Å². The van der Waals surface area contributed by atoms with E-state index in [1.54, 1.807) is 37.3 Å². The fourth-order valence-electron chi connectivity index (χ4n) is 3.00. The zero-order chi connectivity index (χ0) is 21.2. The summed E-state index contributed by atoms with van der Waals surface area (Å²) in [7, 11) is 0. The van der Waals surface area contributed by atoms with Crippen molar-refractivity contribution in [1.82, 2.24) is 0 Å². The molecule has 7 heteroatoms. The zero-order valence-electron chi connectivity index (χ0n) is 16.8. The van der Waals surface area contributed by atoms with Crippen molar-refractivity contribution in [2.45, 2.75) is 45.3 Å². The Kier molecular flexibility index (Phi) is 5.79. The van der Waals surface area contributed by atoms with E-state index < -0.39 is 17.6 Å². The number of nitrogens with two attached hydrogens (primary N) is 2. The van der Waals surface area contributed by atoms with Gasteiger partial charge in [-0.05, 0) is 69.0 Å². The van der Waals surface area contributed by atoms with Crippen molar-refractivity contribution in [1.29, 1.82) is 0 Å². The van der Waals surface area contributed by atoms with Gasteiger partial charge in [0.2, 0.25) is 0 Å². The van der Waals surface area contributed by atoms with Gasteiger partial charge in [-0.25, -0.2) is 9.18 Å². The third-order valence-electron chi connectivity index (χ3n) is 4.83. The number of esters is 1. The molecule has 0 aromatic heterocycles. The predicted molar refractivity (Wildman–Crippen MR) is 109 cm³/mol. The minimum atomic E-state index is -0.944. The average Bonchev–Trinajstić information content (AvgIpc) is 2.67. The summed E-state index contributed by atoms with van der Waals surface area (Å²) in [5.74, 6) is 0.804. The number of carbonyl (C=O) groups excluding carboxylic acids is 1. The molecule has 5 N–H and O–H groups in total. The fraction of sp³-hybridized carbons (Fsp3) is 0.318. The maximum absolute atomic E-state index is 13.0. The molecule has 1 aliphatic rings. The molecule has 29 heavy (non-hydrogen) atoms. The highest BCUT2D eigenvalue weighted by Gasteiger charge is 2.28. The molecule has 0 spiro atoms. The zero-order valence-corrected chi connectivity index (χ0v) is 16.8. The largest absolute Gasteiger partial charge is 0.458 e. The minimum Gasteiger partial charge on any atom is -0.458 e. The number of rotatable bonds is 6. The molecule has 2 aromatic carbocycles. The Morgan fingerprint density at radius 2 is 1.93 bits per heavy atom. The van der Waals surface area contributed by atoms with E-state index in [2.05, 4.69) is 5.32 Å². The van der Waals surface area contributed by atoms with Gasteiger partial charge in [0, 0.05) is 0 Å². The second-order valence-electron chi connectivity index (χ2n) is 7.74. The summed E-state index contributed by atoms with van der Waals surface area (Å²) >= 11 is 0. The number of fused-ring (bicyclic) bond motifs is 1. The Hall–Kier alpha value is -3.06. The molecular formula is C22H26FN3O3. The molecule has 0 saturated carbocycles. The van der Waals surface area contributed by atoms with Gasteiger partial charge in [-0.15, -0.1) is 0 Å². The number of hydrogen-bond acceptors (Lipinski definition) is 6. The van der Waals surface area contributed by atoms with Gasteiger partial charge in [-0.1, -0.05) is 18.2 Å². The number of carbonyl (C=O) groups is 1. The first-order valence-electron chi connectivity index (χ1n) is 9.43. The molecule has 1 aliphatic heterocycles. The van der Waals surface area contributed by atoms with Gasteiger partial charge in [-0.3, -0.25) is 0 Å². The summed E-state index contributed by atoms with van der Waals surface area (Å²) in [6.45, 7) is 5.42. The van der Waals surface area contributed by atoms with Crippen molar-refractivity contribution < 1.29 is 18.7 Å². The normalized spacial score (nSPS) is 14.5. The maximum atomic E-state index is 13.0. The van der Waals surface area contributed by atoms with E-state index in [4.69, 9.17) is 20.9 Å². The van der Waals surface area contributed by atoms with Crippen molar-refractivity contribution in [2.24, 2.45) is 11.5 Å². The summed E-state index contributed by atoms with van der Waals surface area (Å²) < 4.78 is 24.3. The van der Waals surface area contributed by atoms with Gasteiger partial charge in [0.25, 0.3) is 0 Å². The van der Waals surface area contributed by atoms with Crippen molar-refractivity contribution in [3.8, 4) is 5.75 Å². The Morgan fingerprint density at radius 1 is 1.24 bits per heavy atom. The SMILES string of the molecule is CC1=C(N)Nc2cc(C(N)C(=O)OC(C)(C)CCc3ccc(F)cc3)ccc2O1. The van der Waals surface area contributed by atoms with Crippen LogP contribution in [0.4, 0.5) is 10.1 Å². The Balaban J connectivity index is 1.62. The summed E-state index contributed by atoms with van der Waals surface area (Å²) in [6, 6.07) is 10.5. The third kappa shape index (κ3) is 5.06. The topological polar surface area (TPSA) is 99.6 Å². The lowest BCUT2D eigenvalue weighted by atomic mass is 9.98. The lowest BCUT2D eigenvalue weighted by molar-refractivity contribution is -0.158. The van der Waals surface area contributed by atoms with Crippen LogP contribution in [0.25, 0.3) is 0 Å².